The van der Waals surface area contributed by atoms with Gasteiger partial charge in [0.05, 0.1) is 23.2 Å². The predicted molar refractivity (Wildman–Crippen MR) is 111 cm³/mol. The number of aromatic nitrogens is 1. The Bertz CT molecular complexity index is 1180. The molecule has 0 atom stereocenters. The zero-order valence-corrected chi connectivity index (χ0v) is 16.5. The molecule has 1 aliphatic rings. The van der Waals surface area contributed by atoms with Crippen molar-refractivity contribution in [1.82, 2.24) is 14.3 Å². The quantitative estimate of drug-likeness (QED) is 0.544. The van der Waals surface area contributed by atoms with Gasteiger partial charge in [-0.25, -0.2) is 22.4 Å². The number of hydrogen-bond donors (Lipinski definition) is 1. The van der Waals surface area contributed by atoms with Gasteiger partial charge in [0.2, 0.25) is 5.96 Å². The van der Waals surface area contributed by atoms with E-state index >= 15 is 0 Å². The highest BCUT2D eigenvalue weighted by molar-refractivity contribution is 7.90. The van der Waals surface area contributed by atoms with Crippen molar-refractivity contribution in [1.29, 1.82) is 0 Å². The molecule has 0 spiro atoms. The third kappa shape index (κ3) is 3.27. The topological polar surface area (TPSA) is 79.1 Å². The fraction of sp³-hybridized carbons (Fsp3) is 0.200. The minimum Gasteiger partial charge on any atom is -0.353 e. The second kappa shape index (κ2) is 7.12. The molecule has 2 aromatic carbocycles. The van der Waals surface area contributed by atoms with Crippen molar-refractivity contribution in [2.75, 3.05) is 20.1 Å². The van der Waals surface area contributed by atoms with E-state index in [1.54, 1.807) is 54.8 Å². The first-order chi connectivity index (χ1) is 13.5. The van der Waals surface area contributed by atoms with Crippen LogP contribution >= 0.6 is 0 Å². The molecule has 2 heterocycles. The largest absolute Gasteiger partial charge is 0.353 e. The van der Waals surface area contributed by atoms with Gasteiger partial charge in [-0.05, 0) is 25.1 Å². The van der Waals surface area contributed by atoms with Gasteiger partial charge in [-0.1, -0.05) is 35.9 Å². The molecule has 0 amide bonds. The lowest BCUT2D eigenvalue weighted by atomic mass is 10.2. The van der Waals surface area contributed by atoms with Crippen LogP contribution in [-0.4, -0.2) is 49.7 Å². The first kappa shape index (κ1) is 18.2. The van der Waals surface area contributed by atoms with Crippen LogP contribution in [0.4, 0.5) is 0 Å². The molecule has 0 unspecified atom stereocenters. The van der Waals surface area contributed by atoms with Crippen LogP contribution in [0.15, 0.2) is 69.7 Å². The number of nitrogens with zero attached hydrogens (tertiary/aromatic N) is 4. The first-order valence-corrected chi connectivity index (χ1v) is 10.4. The second-order valence-electron chi connectivity index (χ2n) is 6.62. The Morgan fingerprint density at radius 1 is 1.18 bits per heavy atom. The van der Waals surface area contributed by atoms with E-state index in [-0.39, 0.29) is 4.90 Å². The number of guanidine groups is 1. The summed E-state index contributed by atoms with van der Waals surface area (Å²) in [6, 6.07) is 14.3. The zero-order chi connectivity index (χ0) is 19.7. The molecule has 0 bridgehead atoms. The van der Waals surface area contributed by atoms with E-state index < -0.39 is 10.0 Å². The summed E-state index contributed by atoms with van der Waals surface area (Å²) in [4.78, 5) is 4.57. The van der Waals surface area contributed by atoms with E-state index in [0.29, 0.717) is 11.5 Å². The monoisotopic (exact) mass is 395 g/mol. The van der Waals surface area contributed by atoms with E-state index in [2.05, 4.69) is 15.4 Å². The lowest BCUT2D eigenvalue weighted by molar-refractivity contribution is 0.531. The highest BCUT2D eigenvalue weighted by atomic mass is 32.2. The van der Waals surface area contributed by atoms with E-state index in [9.17, 15) is 8.42 Å². The standard InChI is InChI=1S/C20H21N5O2S/c1-15-7-9-17(10-8-15)28(26,27)25-14-16(18-5-3-4-6-19(18)25)13-23-24(2)20-21-11-12-22-20/h3-10,13-14H,11-12H2,1-2H3,(H,21,22). The van der Waals surface area contributed by atoms with E-state index in [1.807, 2.05) is 25.1 Å². The molecule has 1 N–H and O–H groups in total. The van der Waals surface area contributed by atoms with Crippen molar-refractivity contribution in [2.45, 2.75) is 11.8 Å². The van der Waals surface area contributed by atoms with Crippen LogP contribution in [0, 0.1) is 6.92 Å². The Morgan fingerprint density at radius 3 is 2.64 bits per heavy atom. The molecule has 3 aromatic rings. The van der Waals surface area contributed by atoms with Gasteiger partial charge in [0, 0.05) is 30.7 Å². The molecule has 1 aliphatic heterocycles. The van der Waals surface area contributed by atoms with Crippen LogP contribution in [-0.2, 0) is 10.0 Å². The lowest BCUT2D eigenvalue weighted by Crippen LogP contribution is -2.32. The molecule has 0 fully saturated rings. The van der Waals surface area contributed by atoms with Gasteiger partial charge >= 0.3 is 0 Å². The van der Waals surface area contributed by atoms with Crippen molar-refractivity contribution >= 4 is 33.1 Å². The summed E-state index contributed by atoms with van der Waals surface area (Å²) in [6.45, 7) is 3.45. The predicted octanol–water partition coefficient (Wildman–Crippen LogP) is 2.41. The Morgan fingerprint density at radius 2 is 1.93 bits per heavy atom. The molecular weight excluding hydrogens is 374 g/mol. The molecule has 144 valence electrons. The maximum atomic E-state index is 13.2. The van der Waals surface area contributed by atoms with E-state index in [4.69, 9.17) is 0 Å². The van der Waals surface area contributed by atoms with E-state index in [0.717, 1.165) is 29.6 Å². The number of aryl methyl sites for hydroxylation is 1. The van der Waals surface area contributed by atoms with Crippen LogP contribution in [0.1, 0.15) is 11.1 Å². The van der Waals surface area contributed by atoms with Crippen LogP contribution in [0.25, 0.3) is 10.9 Å². The summed E-state index contributed by atoms with van der Waals surface area (Å²) in [5.74, 6) is 0.701. The molecule has 28 heavy (non-hydrogen) atoms. The van der Waals surface area contributed by atoms with Crippen molar-refractivity contribution in [2.24, 2.45) is 10.1 Å². The molecule has 0 saturated carbocycles. The molecule has 1 aromatic heterocycles. The number of fused-ring (bicyclic) bond motifs is 1. The fourth-order valence-corrected chi connectivity index (χ4v) is 4.48. The molecule has 4 rings (SSSR count). The Balaban J connectivity index is 1.77. The van der Waals surface area contributed by atoms with Gasteiger partial charge in [0.15, 0.2) is 0 Å². The maximum absolute atomic E-state index is 13.2. The number of para-hydroxylation sites is 1. The Kier molecular flexibility index (Phi) is 4.64. The summed E-state index contributed by atoms with van der Waals surface area (Å²) in [5.41, 5.74) is 2.34. The number of rotatable bonds is 4. The molecular formula is C20H21N5O2S. The van der Waals surface area contributed by atoms with Crippen molar-refractivity contribution in [3.8, 4) is 0 Å². The smallest absolute Gasteiger partial charge is 0.268 e. The normalized spacial score (nSPS) is 14.4. The Labute approximate surface area is 164 Å². The molecule has 0 radical (unpaired) electrons. The maximum Gasteiger partial charge on any atom is 0.268 e. The number of hydrogen-bond acceptors (Lipinski definition) is 6. The molecule has 0 saturated heterocycles. The summed E-state index contributed by atoms with van der Waals surface area (Å²) in [5, 5.41) is 10.0. The minimum atomic E-state index is -3.71. The van der Waals surface area contributed by atoms with Gasteiger partial charge in [-0.2, -0.15) is 5.10 Å². The van der Waals surface area contributed by atoms with Gasteiger partial charge < -0.3 is 5.32 Å². The second-order valence-corrected chi connectivity index (χ2v) is 8.43. The van der Waals surface area contributed by atoms with Crippen LogP contribution in [0.2, 0.25) is 0 Å². The average Bonchev–Trinajstić information content (AvgIpc) is 3.35. The van der Waals surface area contributed by atoms with Crippen LogP contribution < -0.4 is 5.32 Å². The highest BCUT2D eigenvalue weighted by Gasteiger charge is 2.20. The van der Waals surface area contributed by atoms with Crippen molar-refractivity contribution in [3.05, 3.63) is 65.9 Å². The molecule has 8 heteroatoms. The lowest BCUT2D eigenvalue weighted by Gasteiger charge is -2.11. The number of nitrogens with one attached hydrogen (secondary N) is 1. The summed E-state index contributed by atoms with van der Waals surface area (Å²) in [6.07, 6.45) is 3.27. The van der Waals surface area contributed by atoms with Gasteiger partial charge in [-0.3, -0.25) is 0 Å². The minimum absolute atomic E-state index is 0.254. The van der Waals surface area contributed by atoms with Crippen molar-refractivity contribution < 1.29 is 8.42 Å². The first-order valence-electron chi connectivity index (χ1n) is 8.95. The number of benzene rings is 2. The number of aliphatic imine (C=N–C) groups is 1. The van der Waals surface area contributed by atoms with Crippen LogP contribution in [0.5, 0.6) is 0 Å². The SMILES string of the molecule is Cc1ccc(S(=O)(=O)n2cc(C=NN(C)C3=NCCN3)c3ccccc32)cc1. The molecule has 0 aliphatic carbocycles. The van der Waals surface area contributed by atoms with Crippen LogP contribution in [0.3, 0.4) is 0 Å². The molecule has 7 nitrogen and oxygen atoms in total. The number of hydrazone groups is 1. The zero-order valence-electron chi connectivity index (χ0n) is 15.7. The van der Waals surface area contributed by atoms with E-state index in [1.165, 1.54) is 3.97 Å². The summed E-state index contributed by atoms with van der Waals surface area (Å²) >= 11 is 0. The Hall–Kier alpha value is -3.13. The van der Waals surface area contributed by atoms with Gasteiger partial charge in [0.25, 0.3) is 10.0 Å². The highest BCUT2D eigenvalue weighted by Crippen LogP contribution is 2.25. The van der Waals surface area contributed by atoms with Gasteiger partial charge in [-0.15, -0.1) is 0 Å². The summed E-state index contributed by atoms with van der Waals surface area (Å²) in [7, 11) is -1.91. The third-order valence-electron chi connectivity index (χ3n) is 4.62. The summed E-state index contributed by atoms with van der Waals surface area (Å²) < 4.78 is 27.7. The average molecular weight is 395 g/mol. The van der Waals surface area contributed by atoms with Crippen molar-refractivity contribution in [3.63, 3.8) is 0 Å². The third-order valence-corrected chi connectivity index (χ3v) is 6.31. The fourth-order valence-electron chi connectivity index (χ4n) is 3.11. The van der Waals surface area contributed by atoms with Gasteiger partial charge in [0.1, 0.15) is 0 Å².